The van der Waals surface area contributed by atoms with Gasteiger partial charge in [-0.25, -0.2) is 0 Å². The van der Waals surface area contributed by atoms with Crippen molar-refractivity contribution in [3.63, 3.8) is 0 Å². The number of piperidine rings is 1. The minimum Gasteiger partial charge on any atom is -0.490 e. The van der Waals surface area contributed by atoms with Crippen molar-refractivity contribution >= 4 is 23.0 Å². The fraction of sp³-hybridized carbons (Fsp3) is 0.368. The molecule has 0 radical (unpaired) electrons. The van der Waals surface area contributed by atoms with Gasteiger partial charge in [0.05, 0.1) is 11.9 Å². The summed E-state index contributed by atoms with van der Waals surface area (Å²) in [6.45, 7) is 2.88. The summed E-state index contributed by atoms with van der Waals surface area (Å²) in [4.78, 5) is 6.40. The lowest BCUT2D eigenvalue weighted by Gasteiger charge is -2.29. The number of nitrogens with zero attached hydrogens (tertiary/aromatic N) is 2. The fourth-order valence-corrected chi connectivity index (χ4v) is 2.97. The van der Waals surface area contributed by atoms with E-state index in [1.807, 2.05) is 24.3 Å². The van der Waals surface area contributed by atoms with E-state index in [1.54, 1.807) is 12.4 Å². The molecule has 1 saturated heterocycles. The molecule has 1 aromatic carbocycles. The van der Waals surface area contributed by atoms with Crippen molar-refractivity contribution < 1.29 is 4.74 Å². The summed E-state index contributed by atoms with van der Waals surface area (Å²) in [6, 6.07) is 12.0. The molecule has 1 fully saturated rings. The summed E-state index contributed by atoms with van der Waals surface area (Å²) in [6.07, 6.45) is 5.98. The Morgan fingerprint density at radius 1 is 1.24 bits per heavy atom. The van der Waals surface area contributed by atoms with Crippen LogP contribution in [0.1, 0.15) is 18.4 Å². The lowest BCUT2D eigenvalue weighted by atomic mass is 10.1. The van der Waals surface area contributed by atoms with Crippen molar-refractivity contribution in [2.45, 2.75) is 25.5 Å². The largest absolute Gasteiger partial charge is 0.490 e. The van der Waals surface area contributed by atoms with Gasteiger partial charge >= 0.3 is 0 Å². The Morgan fingerprint density at radius 2 is 2.00 bits per heavy atom. The maximum Gasteiger partial charge on any atom is 0.171 e. The Morgan fingerprint density at radius 3 is 2.68 bits per heavy atom. The molecule has 2 heterocycles. The molecule has 25 heavy (non-hydrogen) atoms. The molecule has 0 unspecified atom stereocenters. The maximum absolute atomic E-state index is 6.07. The highest BCUT2D eigenvalue weighted by Crippen LogP contribution is 2.19. The van der Waals surface area contributed by atoms with Crippen LogP contribution in [0.15, 0.2) is 48.8 Å². The fourth-order valence-electron chi connectivity index (χ4n) is 2.78. The van der Waals surface area contributed by atoms with Crippen LogP contribution >= 0.6 is 12.2 Å². The molecule has 6 heteroatoms. The average Bonchev–Trinajstić information content (AvgIpc) is 2.64. The quantitative estimate of drug-likeness (QED) is 0.803. The van der Waals surface area contributed by atoms with E-state index in [-0.39, 0.29) is 0 Å². The number of aromatic nitrogens is 1. The Bertz CT molecular complexity index is 670. The Hall–Kier alpha value is -2.18. The third-order valence-electron chi connectivity index (χ3n) is 4.26. The number of anilines is 1. The van der Waals surface area contributed by atoms with Crippen molar-refractivity contribution in [3.05, 3.63) is 54.4 Å². The van der Waals surface area contributed by atoms with Gasteiger partial charge in [0.2, 0.25) is 0 Å². The molecule has 2 aromatic rings. The highest BCUT2D eigenvalue weighted by Gasteiger charge is 2.17. The van der Waals surface area contributed by atoms with Crippen molar-refractivity contribution in [1.82, 2.24) is 15.2 Å². The second-order valence-corrected chi connectivity index (χ2v) is 6.72. The van der Waals surface area contributed by atoms with E-state index in [9.17, 15) is 0 Å². The smallest absolute Gasteiger partial charge is 0.171 e. The second-order valence-electron chi connectivity index (χ2n) is 6.31. The summed E-state index contributed by atoms with van der Waals surface area (Å²) >= 11 is 5.30. The van der Waals surface area contributed by atoms with Gasteiger partial charge in [0.25, 0.3) is 0 Å². The molecule has 3 rings (SSSR count). The molecule has 2 N–H and O–H groups in total. The van der Waals surface area contributed by atoms with E-state index >= 15 is 0 Å². The number of rotatable bonds is 5. The zero-order valence-corrected chi connectivity index (χ0v) is 15.3. The highest BCUT2D eigenvalue weighted by molar-refractivity contribution is 7.80. The number of hydrogen-bond acceptors (Lipinski definition) is 4. The zero-order chi connectivity index (χ0) is 17.5. The van der Waals surface area contributed by atoms with Crippen LogP contribution in [0, 0.1) is 0 Å². The van der Waals surface area contributed by atoms with Crippen LogP contribution in [0.3, 0.4) is 0 Å². The lowest BCUT2D eigenvalue weighted by molar-refractivity contribution is 0.114. The molecular weight excluding hydrogens is 332 g/mol. The zero-order valence-electron chi connectivity index (χ0n) is 14.4. The SMILES string of the molecule is CN1CCC(Oc2ccc(CNC(=S)Nc3cccnc3)cc2)CC1. The standard InChI is InChI=1S/C19H24N4OS/c1-23-11-8-18(9-12-23)24-17-6-4-15(5-7-17)13-21-19(25)22-16-3-2-10-20-14-16/h2-7,10,14,18H,8-9,11-13H2,1H3,(H2,21,22,25). The van der Waals surface area contributed by atoms with E-state index in [1.165, 1.54) is 0 Å². The first kappa shape index (κ1) is 17.6. The molecule has 0 bridgehead atoms. The van der Waals surface area contributed by atoms with Crippen LogP contribution in [0.4, 0.5) is 5.69 Å². The van der Waals surface area contributed by atoms with E-state index in [0.29, 0.717) is 17.8 Å². The molecular formula is C19H24N4OS. The lowest BCUT2D eigenvalue weighted by Crippen LogP contribution is -2.35. The molecule has 0 aliphatic carbocycles. The van der Waals surface area contributed by atoms with Crippen LogP contribution in [-0.4, -0.2) is 41.2 Å². The summed E-state index contributed by atoms with van der Waals surface area (Å²) in [5, 5.41) is 6.89. The number of thiocarbonyl (C=S) groups is 1. The summed E-state index contributed by atoms with van der Waals surface area (Å²) in [5.41, 5.74) is 2.04. The predicted molar refractivity (Wildman–Crippen MR) is 105 cm³/mol. The molecule has 1 aromatic heterocycles. The minimum absolute atomic E-state index is 0.330. The Labute approximate surface area is 154 Å². The molecule has 0 atom stereocenters. The van der Waals surface area contributed by atoms with Gasteiger partial charge < -0.3 is 20.3 Å². The van der Waals surface area contributed by atoms with Gasteiger partial charge in [0.15, 0.2) is 5.11 Å². The third-order valence-corrected chi connectivity index (χ3v) is 4.51. The molecule has 5 nitrogen and oxygen atoms in total. The van der Waals surface area contributed by atoms with E-state index in [4.69, 9.17) is 17.0 Å². The summed E-state index contributed by atoms with van der Waals surface area (Å²) < 4.78 is 6.07. The predicted octanol–water partition coefficient (Wildman–Crippen LogP) is 3.04. The van der Waals surface area contributed by atoms with Crippen LogP contribution in [0.2, 0.25) is 0 Å². The third kappa shape index (κ3) is 5.69. The first-order valence-corrected chi connectivity index (χ1v) is 8.99. The normalized spacial score (nSPS) is 15.6. The van der Waals surface area contributed by atoms with E-state index < -0.39 is 0 Å². The summed E-state index contributed by atoms with van der Waals surface area (Å²) in [5.74, 6) is 0.939. The van der Waals surface area contributed by atoms with Gasteiger partial charge in [-0.2, -0.15) is 0 Å². The number of ether oxygens (including phenoxy) is 1. The first-order valence-electron chi connectivity index (χ1n) is 8.58. The van der Waals surface area contributed by atoms with Crippen LogP contribution in [-0.2, 0) is 6.54 Å². The van der Waals surface area contributed by atoms with E-state index in [2.05, 4.69) is 39.7 Å². The Balaban J connectivity index is 1.43. The topological polar surface area (TPSA) is 49.4 Å². The summed E-state index contributed by atoms with van der Waals surface area (Å²) in [7, 11) is 2.16. The van der Waals surface area contributed by atoms with Gasteiger partial charge in [0.1, 0.15) is 11.9 Å². The molecule has 132 valence electrons. The Kier molecular flexibility index (Phi) is 6.19. The molecule has 0 spiro atoms. The van der Waals surface area contributed by atoms with Crippen LogP contribution < -0.4 is 15.4 Å². The van der Waals surface area contributed by atoms with Gasteiger partial charge in [-0.05, 0) is 61.9 Å². The van der Waals surface area contributed by atoms with E-state index in [0.717, 1.165) is 42.9 Å². The molecule has 0 amide bonds. The number of hydrogen-bond donors (Lipinski definition) is 2. The highest BCUT2D eigenvalue weighted by atomic mass is 32.1. The van der Waals surface area contributed by atoms with Gasteiger partial charge in [-0.1, -0.05) is 12.1 Å². The van der Waals surface area contributed by atoms with Crippen LogP contribution in [0.5, 0.6) is 5.75 Å². The van der Waals surface area contributed by atoms with Gasteiger partial charge in [-0.3, -0.25) is 4.98 Å². The van der Waals surface area contributed by atoms with Gasteiger partial charge in [-0.15, -0.1) is 0 Å². The average molecular weight is 356 g/mol. The van der Waals surface area contributed by atoms with Gasteiger partial charge in [0, 0.05) is 25.8 Å². The first-order chi connectivity index (χ1) is 12.2. The molecule has 1 aliphatic rings. The van der Waals surface area contributed by atoms with Crippen molar-refractivity contribution in [3.8, 4) is 5.75 Å². The number of benzene rings is 1. The maximum atomic E-state index is 6.07. The molecule has 1 aliphatic heterocycles. The van der Waals surface area contributed by atoms with Crippen molar-refractivity contribution in [1.29, 1.82) is 0 Å². The van der Waals surface area contributed by atoms with Crippen molar-refractivity contribution in [2.24, 2.45) is 0 Å². The van der Waals surface area contributed by atoms with Crippen LogP contribution in [0.25, 0.3) is 0 Å². The number of pyridine rings is 1. The second kappa shape index (κ2) is 8.78. The van der Waals surface area contributed by atoms with Crippen molar-refractivity contribution in [2.75, 3.05) is 25.5 Å². The minimum atomic E-state index is 0.330. The number of nitrogens with one attached hydrogen (secondary N) is 2. The number of likely N-dealkylation sites (tertiary alicyclic amines) is 1. The molecule has 0 saturated carbocycles. The monoisotopic (exact) mass is 356 g/mol.